The molecule has 0 fully saturated rings. The molecule has 14 heavy (non-hydrogen) atoms. The molecule has 1 rings (SSSR count). The number of nitrogens with two attached hydrogens (primary N) is 1. The minimum atomic E-state index is 0.864. The molecule has 0 unspecified atom stereocenters. The van der Waals surface area contributed by atoms with Gasteiger partial charge in [-0.15, -0.1) is 11.8 Å². The Balaban J connectivity index is 2.45. The number of thioether (sulfide) groups is 2. The summed E-state index contributed by atoms with van der Waals surface area (Å²) in [6.07, 6.45) is 3.41. The molecule has 1 nitrogen and oxygen atoms in total. The molecular formula is C11H17NS2. The summed E-state index contributed by atoms with van der Waals surface area (Å²) >= 11 is 3.81. The molecule has 2 N–H and O–H groups in total. The molecule has 0 aliphatic heterocycles. The molecule has 0 aromatic heterocycles. The van der Waals surface area contributed by atoms with Crippen LogP contribution in [0.25, 0.3) is 0 Å². The van der Waals surface area contributed by atoms with Gasteiger partial charge in [0.05, 0.1) is 0 Å². The van der Waals surface area contributed by atoms with Crippen LogP contribution in [-0.4, -0.2) is 17.8 Å². The Kier molecular flexibility index (Phi) is 5.26. The first kappa shape index (κ1) is 11.8. The van der Waals surface area contributed by atoms with Crippen LogP contribution in [0.5, 0.6) is 0 Å². The predicted molar refractivity (Wildman–Crippen MR) is 69.3 cm³/mol. The van der Waals surface area contributed by atoms with Crippen molar-refractivity contribution in [2.24, 2.45) is 0 Å². The third-order valence-electron chi connectivity index (χ3n) is 1.96. The molecule has 0 bridgehead atoms. The van der Waals surface area contributed by atoms with Gasteiger partial charge in [0, 0.05) is 10.6 Å². The van der Waals surface area contributed by atoms with Crippen LogP contribution in [0, 0.1) is 6.92 Å². The third-order valence-corrected chi connectivity index (χ3v) is 3.90. The van der Waals surface area contributed by atoms with E-state index in [0.29, 0.717) is 0 Å². The second kappa shape index (κ2) is 6.25. The quantitative estimate of drug-likeness (QED) is 0.474. The van der Waals surface area contributed by atoms with E-state index in [4.69, 9.17) is 5.73 Å². The number of benzene rings is 1. The second-order valence-corrected chi connectivity index (χ2v) is 5.34. The number of aryl methyl sites for hydroxylation is 1. The zero-order valence-electron chi connectivity index (χ0n) is 8.75. The van der Waals surface area contributed by atoms with Crippen molar-refractivity contribution in [3.8, 4) is 0 Å². The summed E-state index contributed by atoms with van der Waals surface area (Å²) in [5.41, 5.74) is 7.93. The Labute approximate surface area is 94.8 Å². The first-order valence-electron chi connectivity index (χ1n) is 4.72. The average molecular weight is 227 g/mol. The maximum Gasteiger partial charge on any atom is 0.0325 e. The van der Waals surface area contributed by atoms with Crippen LogP contribution in [0.2, 0.25) is 0 Å². The smallest absolute Gasteiger partial charge is 0.0325 e. The van der Waals surface area contributed by atoms with Crippen molar-refractivity contribution < 1.29 is 0 Å². The summed E-state index contributed by atoms with van der Waals surface area (Å²) < 4.78 is 0. The molecular weight excluding hydrogens is 210 g/mol. The normalized spacial score (nSPS) is 10.4. The number of hydrogen-bond donors (Lipinski definition) is 1. The average Bonchev–Trinajstić information content (AvgIpc) is 2.18. The third kappa shape index (κ3) is 3.84. The Hall–Kier alpha value is -0.280. The molecule has 0 aliphatic rings. The molecule has 0 aliphatic carbocycles. The number of nitrogen functional groups attached to an aromatic ring is 1. The lowest BCUT2D eigenvalue weighted by molar-refractivity contribution is 1.12. The Morgan fingerprint density at radius 3 is 2.79 bits per heavy atom. The van der Waals surface area contributed by atoms with E-state index in [-0.39, 0.29) is 0 Å². The van der Waals surface area contributed by atoms with Gasteiger partial charge in [-0.3, -0.25) is 0 Å². The van der Waals surface area contributed by atoms with Gasteiger partial charge in [-0.25, -0.2) is 0 Å². The lowest BCUT2D eigenvalue weighted by Crippen LogP contribution is -1.89. The minimum Gasteiger partial charge on any atom is -0.399 e. The van der Waals surface area contributed by atoms with E-state index in [2.05, 4.69) is 25.3 Å². The van der Waals surface area contributed by atoms with Crippen molar-refractivity contribution in [3.05, 3.63) is 23.8 Å². The van der Waals surface area contributed by atoms with Crippen LogP contribution < -0.4 is 5.73 Å². The van der Waals surface area contributed by atoms with E-state index in [1.54, 1.807) is 0 Å². The number of anilines is 1. The lowest BCUT2D eigenvalue weighted by Gasteiger charge is -2.05. The van der Waals surface area contributed by atoms with E-state index in [0.717, 1.165) is 5.69 Å². The monoisotopic (exact) mass is 227 g/mol. The fourth-order valence-electron chi connectivity index (χ4n) is 1.16. The van der Waals surface area contributed by atoms with Gasteiger partial charge in [-0.2, -0.15) is 11.8 Å². The second-order valence-electron chi connectivity index (χ2n) is 3.22. The van der Waals surface area contributed by atoms with Crippen LogP contribution in [0.3, 0.4) is 0 Å². The highest BCUT2D eigenvalue weighted by Gasteiger charge is 1.99. The topological polar surface area (TPSA) is 26.0 Å². The molecule has 0 heterocycles. The van der Waals surface area contributed by atoms with Crippen molar-refractivity contribution in [3.63, 3.8) is 0 Å². The molecule has 1 aromatic rings. The molecule has 1 aromatic carbocycles. The molecule has 3 heteroatoms. The van der Waals surface area contributed by atoms with Gasteiger partial charge < -0.3 is 5.73 Å². The zero-order valence-corrected chi connectivity index (χ0v) is 10.4. The maximum atomic E-state index is 5.74. The fourth-order valence-corrected chi connectivity index (χ4v) is 2.80. The number of rotatable bonds is 5. The highest BCUT2D eigenvalue weighted by molar-refractivity contribution is 7.99. The lowest BCUT2D eigenvalue weighted by atomic mass is 10.2. The summed E-state index contributed by atoms with van der Waals surface area (Å²) in [5, 5.41) is 0. The Morgan fingerprint density at radius 1 is 1.29 bits per heavy atom. The van der Waals surface area contributed by atoms with Crippen molar-refractivity contribution in [2.45, 2.75) is 18.2 Å². The molecule has 0 radical (unpaired) electrons. The van der Waals surface area contributed by atoms with Crippen molar-refractivity contribution in [1.29, 1.82) is 0 Å². The standard InChI is InChI=1S/C11H17NS2/c1-9-4-5-10(12)8-11(9)14-7-3-6-13-2/h4-5,8H,3,6-7,12H2,1-2H3. The highest BCUT2D eigenvalue weighted by Crippen LogP contribution is 2.25. The summed E-state index contributed by atoms with van der Waals surface area (Å²) in [7, 11) is 0. The van der Waals surface area contributed by atoms with E-state index in [9.17, 15) is 0 Å². The Morgan fingerprint density at radius 2 is 2.07 bits per heavy atom. The van der Waals surface area contributed by atoms with Gasteiger partial charge in [-0.1, -0.05) is 6.07 Å². The summed E-state index contributed by atoms with van der Waals surface area (Å²) in [6.45, 7) is 2.14. The first-order valence-corrected chi connectivity index (χ1v) is 7.10. The molecule has 0 saturated carbocycles. The molecule has 78 valence electrons. The fraction of sp³-hybridized carbons (Fsp3) is 0.455. The van der Waals surface area contributed by atoms with Crippen molar-refractivity contribution in [2.75, 3.05) is 23.5 Å². The maximum absolute atomic E-state index is 5.74. The van der Waals surface area contributed by atoms with E-state index in [1.165, 1.54) is 28.4 Å². The summed E-state index contributed by atoms with van der Waals surface area (Å²) in [4.78, 5) is 1.33. The molecule has 0 amide bonds. The van der Waals surface area contributed by atoms with Crippen LogP contribution in [-0.2, 0) is 0 Å². The van der Waals surface area contributed by atoms with Crippen LogP contribution in [0.15, 0.2) is 23.1 Å². The zero-order chi connectivity index (χ0) is 10.4. The van der Waals surface area contributed by atoms with Crippen LogP contribution >= 0.6 is 23.5 Å². The van der Waals surface area contributed by atoms with Crippen LogP contribution in [0.4, 0.5) is 5.69 Å². The molecule has 0 atom stereocenters. The van der Waals surface area contributed by atoms with Gasteiger partial charge in [0.2, 0.25) is 0 Å². The molecule has 0 spiro atoms. The van der Waals surface area contributed by atoms with Gasteiger partial charge in [0.1, 0.15) is 0 Å². The van der Waals surface area contributed by atoms with Gasteiger partial charge in [0.25, 0.3) is 0 Å². The van der Waals surface area contributed by atoms with Crippen molar-refractivity contribution >= 4 is 29.2 Å². The van der Waals surface area contributed by atoms with Crippen molar-refractivity contribution in [1.82, 2.24) is 0 Å². The van der Waals surface area contributed by atoms with Gasteiger partial charge >= 0.3 is 0 Å². The van der Waals surface area contributed by atoms with Crippen LogP contribution in [0.1, 0.15) is 12.0 Å². The SMILES string of the molecule is CSCCCSc1cc(N)ccc1C. The van der Waals surface area contributed by atoms with Gasteiger partial charge in [0.15, 0.2) is 0 Å². The number of hydrogen-bond acceptors (Lipinski definition) is 3. The van der Waals surface area contributed by atoms with E-state index < -0.39 is 0 Å². The molecule has 0 saturated heterocycles. The first-order chi connectivity index (χ1) is 6.74. The van der Waals surface area contributed by atoms with E-state index >= 15 is 0 Å². The van der Waals surface area contributed by atoms with E-state index in [1.807, 2.05) is 29.6 Å². The van der Waals surface area contributed by atoms with Gasteiger partial charge in [-0.05, 0) is 48.8 Å². The predicted octanol–water partition coefficient (Wildman–Crippen LogP) is 3.42. The largest absolute Gasteiger partial charge is 0.399 e. The summed E-state index contributed by atoms with van der Waals surface area (Å²) in [6, 6.07) is 6.12. The Bertz CT molecular complexity index is 287. The highest BCUT2D eigenvalue weighted by atomic mass is 32.2. The minimum absolute atomic E-state index is 0.864. The summed E-state index contributed by atoms with van der Waals surface area (Å²) in [5.74, 6) is 2.43.